The maximum Gasteiger partial charge on any atom is 0.206 e. The maximum atomic E-state index is 12.0. The van der Waals surface area contributed by atoms with E-state index in [0.29, 0.717) is 11.5 Å². The minimum absolute atomic E-state index is 0.0109. The standard InChI is InChI=1S/C23H40O3S/c1-5-6-7-8-9-10-11-12-13-14-19-25-21-15-17-22(18-16-21)26-27(24)20-23(2,3)4/h15-18H,5-14,19-20H2,1-4H3. The number of hydrogen-bond donors (Lipinski definition) is 0. The van der Waals surface area contributed by atoms with Crippen LogP contribution in [-0.2, 0) is 11.1 Å². The highest BCUT2D eigenvalue weighted by atomic mass is 32.2. The minimum atomic E-state index is -1.30. The van der Waals surface area contributed by atoms with Gasteiger partial charge in [-0.15, -0.1) is 0 Å². The van der Waals surface area contributed by atoms with Crippen LogP contribution in [0.1, 0.15) is 91.9 Å². The quantitative estimate of drug-likeness (QED) is 0.297. The van der Waals surface area contributed by atoms with Crippen molar-refractivity contribution in [2.75, 3.05) is 12.4 Å². The Morgan fingerprint density at radius 3 is 1.78 bits per heavy atom. The van der Waals surface area contributed by atoms with E-state index < -0.39 is 11.1 Å². The van der Waals surface area contributed by atoms with Gasteiger partial charge in [0.2, 0.25) is 11.1 Å². The van der Waals surface area contributed by atoms with Crippen LogP contribution < -0.4 is 8.92 Å². The van der Waals surface area contributed by atoms with Gasteiger partial charge in [-0.1, -0.05) is 85.5 Å². The van der Waals surface area contributed by atoms with E-state index in [2.05, 4.69) is 27.7 Å². The summed E-state index contributed by atoms with van der Waals surface area (Å²) in [5.41, 5.74) is -0.0109. The molecule has 0 saturated heterocycles. The Balaban J connectivity index is 2.07. The highest BCUT2D eigenvalue weighted by molar-refractivity contribution is 7.80. The van der Waals surface area contributed by atoms with E-state index in [1.807, 2.05) is 24.3 Å². The Morgan fingerprint density at radius 1 is 0.778 bits per heavy atom. The average molecular weight is 397 g/mol. The average Bonchev–Trinajstić information content (AvgIpc) is 2.59. The third kappa shape index (κ3) is 13.7. The molecule has 1 aromatic carbocycles. The summed E-state index contributed by atoms with van der Waals surface area (Å²) in [6.07, 6.45) is 13.3. The van der Waals surface area contributed by atoms with Gasteiger partial charge in [0.15, 0.2) is 0 Å². The fourth-order valence-corrected chi connectivity index (χ4v) is 3.95. The third-order valence-electron chi connectivity index (χ3n) is 4.33. The maximum absolute atomic E-state index is 12.0. The van der Waals surface area contributed by atoms with E-state index in [4.69, 9.17) is 8.92 Å². The lowest BCUT2D eigenvalue weighted by Gasteiger charge is -2.16. The van der Waals surface area contributed by atoms with E-state index in [-0.39, 0.29) is 5.41 Å². The van der Waals surface area contributed by atoms with Gasteiger partial charge in [-0.3, -0.25) is 0 Å². The lowest BCUT2D eigenvalue weighted by molar-refractivity contribution is 0.304. The molecule has 0 bridgehead atoms. The van der Waals surface area contributed by atoms with Gasteiger partial charge < -0.3 is 8.92 Å². The molecule has 0 fully saturated rings. The normalized spacial score (nSPS) is 12.7. The van der Waals surface area contributed by atoms with Crippen LogP contribution in [0.3, 0.4) is 0 Å². The topological polar surface area (TPSA) is 35.5 Å². The highest BCUT2D eigenvalue weighted by Gasteiger charge is 2.16. The first-order valence-electron chi connectivity index (χ1n) is 10.7. The summed E-state index contributed by atoms with van der Waals surface area (Å²) in [4.78, 5) is 0. The van der Waals surface area contributed by atoms with E-state index >= 15 is 0 Å². The number of rotatable bonds is 15. The molecule has 0 spiro atoms. The molecule has 1 atom stereocenters. The molecule has 1 aromatic rings. The summed E-state index contributed by atoms with van der Waals surface area (Å²) in [7, 11) is 0. The van der Waals surface area contributed by atoms with Crippen molar-refractivity contribution >= 4 is 11.1 Å². The zero-order valence-corrected chi connectivity index (χ0v) is 18.7. The molecule has 0 radical (unpaired) electrons. The molecule has 1 unspecified atom stereocenters. The minimum Gasteiger partial charge on any atom is -0.494 e. The highest BCUT2D eigenvalue weighted by Crippen LogP contribution is 2.21. The van der Waals surface area contributed by atoms with E-state index in [1.54, 1.807) is 0 Å². The summed E-state index contributed by atoms with van der Waals surface area (Å²) in [5, 5.41) is 0. The summed E-state index contributed by atoms with van der Waals surface area (Å²) in [6.45, 7) is 9.18. The molecule has 0 aliphatic rings. The first-order valence-corrected chi connectivity index (χ1v) is 11.9. The van der Waals surface area contributed by atoms with Gasteiger partial charge in [-0.25, -0.2) is 4.21 Å². The van der Waals surface area contributed by atoms with Gasteiger partial charge in [-0.05, 0) is 36.1 Å². The van der Waals surface area contributed by atoms with Crippen molar-refractivity contribution in [1.29, 1.82) is 0 Å². The number of hydrogen-bond acceptors (Lipinski definition) is 3. The molecule has 4 heteroatoms. The fourth-order valence-electron chi connectivity index (χ4n) is 2.86. The van der Waals surface area contributed by atoms with Crippen molar-refractivity contribution in [2.45, 2.75) is 91.9 Å². The monoisotopic (exact) mass is 396 g/mol. The van der Waals surface area contributed by atoms with Crippen LogP contribution in [-0.4, -0.2) is 16.6 Å². The van der Waals surface area contributed by atoms with Crippen LogP contribution in [0.15, 0.2) is 24.3 Å². The zero-order valence-electron chi connectivity index (χ0n) is 17.9. The van der Waals surface area contributed by atoms with Crippen molar-refractivity contribution in [3.05, 3.63) is 24.3 Å². The first kappa shape index (κ1) is 24.0. The van der Waals surface area contributed by atoms with Crippen molar-refractivity contribution in [3.8, 4) is 11.5 Å². The Kier molecular flexibility index (Phi) is 12.5. The fraction of sp³-hybridized carbons (Fsp3) is 0.739. The molecule has 3 nitrogen and oxygen atoms in total. The van der Waals surface area contributed by atoms with Crippen LogP contribution in [0.5, 0.6) is 11.5 Å². The molecule has 0 amide bonds. The second kappa shape index (κ2) is 14.0. The summed E-state index contributed by atoms with van der Waals surface area (Å²) < 4.78 is 23.2. The molecule has 0 aliphatic carbocycles. The van der Waals surface area contributed by atoms with Gasteiger partial charge >= 0.3 is 0 Å². The molecular formula is C23H40O3S. The first-order chi connectivity index (χ1) is 12.9. The molecule has 0 aliphatic heterocycles. The molecule has 0 heterocycles. The van der Waals surface area contributed by atoms with E-state index in [0.717, 1.165) is 18.8 Å². The van der Waals surface area contributed by atoms with Gasteiger partial charge in [-0.2, -0.15) is 0 Å². The molecule has 156 valence electrons. The van der Waals surface area contributed by atoms with Gasteiger partial charge in [0.1, 0.15) is 11.5 Å². The summed E-state index contributed by atoms with van der Waals surface area (Å²) in [5.74, 6) is 1.99. The SMILES string of the molecule is CCCCCCCCCCCCOc1ccc(OS(=O)CC(C)(C)C)cc1. The van der Waals surface area contributed by atoms with Crippen molar-refractivity contribution in [3.63, 3.8) is 0 Å². The van der Waals surface area contributed by atoms with Crippen molar-refractivity contribution in [1.82, 2.24) is 0 Å². The lowest BCUT2D eigenvalue weighted by atomic mass is 10.0. The lowest BCUT2D eigenvalue weighted by Crippen LogP contribution is -2.19. The summed E-state index contributed by atoms with van der Waals surface area (Å²) >= 11 is -1.30. The number of benzene rings is 1. The third-order valence-corrected chi connectivity index (χ3v) is 5.81. The molecule has 0 N–H and O–H groups in total. The van der Waals surface area contributed by atoms with E-state index in [9.17, 15) is 4.21 Å². The Labute approximate surface area is 169 Å². The molecular weight excluding hydrogens is 356 g/mol. The van der Waals surface area contributed by atoms with Crippen molar-refractivity contribution < 1.29 is 13.1 Å². The Morgan fingerprint density at radius 2 is 1.26 bits per heavy atom. The number of ether oxygens (including phenoxy) is 1. The Bertz CT molecular complexity index is 505. The molecule has 0 aromatic heterocycles. The van der Waals surface area contributed by atoms with E-state index in [1.165, 1.54) is 57.8 Å². The van der Waals surface area contributed by atoms with Gasteiger partial charge in [0.05, 0.1) is 12.4 Å². The molecule has 0 saturated carbocycles. The summed E-state index contributed by atoms with van der Waals surface area (Å²) in [6, 6.07) is 7.43. The predicted octanol–water partition coefficient (Wildman–Crippen LogP) is 7.07. The molecule has 1 rings (SSSR count). The van der Waals surface area contributed by atoms with Crippen LogP contribution in [0, 0.1) is 5.41 Å². The van der Waals surface area contributed by atoms with Crippen LogP contribution in [0.2, 0.25) is 0 Å². The molecule has 27 heavy (non-hydrogen) atoms. The second-order valence-corrected chi connectivity index (χ2v) is 9.66. The van der Waals surface area contributed by atoms with Crippen LogP contribution in [0.4, 0.5) is 0 Å². The second-order valence-electron chi connectivity index (χ2n) is 8.59. The largest absolute Gasteiger partial charge is 0.494 e. The Hall–Kier alpha value is -1.03. The van der Waals surface area contributed by atoms with Crippen LogP contribution >= 0.6 is 0 Å². The smallest absolute Gasteiger partial charge is 0.206 e. The van der Waals surface area contributed by atoms with Gasteiger partial charge in [0, 0.05) is 0 Å². The number of unbranched alkanes of at least 4 members (excludes halogenated alkanes) is 9. The zero-order chi connectivity index (χ0) is 20.0. The van der Waals surface area contributed by atoms with Crippen LogP contribution in [0.25, 0.3) is 0 Å². The van der Waals surface area contributed by atoms with Gasteiger partial charge in [0.25, 0.3) is 0 Å². The van der Waals surface area contributed by atoms with Crippen molar-refractivity contribution in [2.24, 2.45) is 5.41 Å². The predicted molar refractivity (Wildman–Crippen MR) is 117 cm³/mol.